The highest BCUT2D eigenvalue weighted by atomic mass is 19.4. The maximum Gasteiger partial charge on any atom is 0.391 e. The fourth-order valence-corrected chi connectivity index (χ4v) is 4.32. The van der Waals surface area contributed by atoms with Crippen LogP contribution >= 0.6 is 0 Å². The number of likely N-dealkylation sites (N-methyl/N-ethyl adjacent to an activating group) is 1. The first-order valence-electron chi connectivity index (χ1n) is 8.28. The Bertz CT molecular complexity index is 335. The van der Waals surface area contributed by atoms with E-state index in [-0.39, 0.29) is 18.4 Å². The van der Waals surface area contributed by atoms with Gasteiger partial charge in [-0.3, -0.25) is 4.90 Å². The number of nitrogens with zero attached hydrogens (tertiary/aromatic N) is 1. The minimum atomic E-state index is -4.04. The molecule has 2 rings (SSSR count). The number of hydrogen-bond donors (Lipinski definition) is 1. The van der Waals surface area contributed by atoms with E-state index in [0.29, 0.717) is 31.3 Å². The van der Waals surface area contributed by atoms with Crippen molar-refractivity contribution >= 4 is 0 Å². The number of hydrogen-bond acceptors (Lipinski definition) is 2. The van der Waals surface area contributed by atoms with Gasteiger partial charge in [0.15, 0.2) is 0 Å². The molecule has 124 valence electrons. The van der Waals surface area contributed by atoms with Crippen LogP contribution in [0.5, 0.6) is 0 Å². The Labute approximate surface area is 126 Å². The third kappa shape index (κ3) is 3.73. The van der Waals surface area contributed by atoms with Gasteiger partial charge in [0.05, 0.1) is 5.92 Å². The molecule has 0 aliphatic heterocycles. The van der Waals surface area contributed by atoms with Crippen LogP contribution in [-0.4, -0.2) is 36.2 Å². The molecule has 0 spiro atoms. The van der Waals surface area contributed by atoms with Gasteiger partial charge < -0.3 is 5.73 Å². The summed E-state index contributed by atoms with van der Waals surface area (Å²) in [6, 6.07) is 0.486. The minimum Gasteiger partial charge on any atom is -0.329 e. The Hall–Kier alpha value is -0.290. The van der Waals surface area contributed by atoms with E-state index in [1.807, 2.05) is 0 Å². The highest BCUT2D eigenvalue weighted by Crippen LogP contribution is 2.44. The lowest BCUT2D eigenvalue weighted by Crippen LogP contribution is -2.58. The molecule has 2 fully saturated rings. The average Bonchev–Trinajstić information content (AvgIpc) is 2.45. The number of nitrogens with two attached hydrogens (primary N) is 1. The van der Waals surface area contributed by atoms with Gasteiger partial charge in [-0.2, -0.15) is 13.2 Å². The van der Waals surface area contributed by atoms with Crippen molar-refractivity contribution in [1.82, 2.24) is 4.90 Å². The van der Waals surface area contributed by atoms with Gasteiger partial charge in [-0.15, -0.1) is 0 Å². The van der Waals surface area contributed by atoms with Crippen LogP contribution in [0.4, 0.5) is 13.2 Å². The summed E-state index contributed by atoms with van der Waals surface area (Å²) in [6.07, 6.45) is 2.38. The van der Waals surface area contributed by atoms with Crippen molar-refractivity contribution in [3.8, 4) is 0 Å². The van der Waals surface area contributed by atoms with E-state index in [2.05, 4.69) is 18.9 Å². The zero-order valence-corrected chi connectivity index (χ0v) is 13.3. The van der Waals surface area contributed by atoms with Crippen molar-refractivity contribution in [3.63, 3.8) is 0 Å². The molecule has 0 bridgehead atoms. The minimum absolute atomic E-state index is 0.219. The third-order valence-corrected chi connectivity index (χ3v) is 5.96. The van der Waals surface area contributed by atoms with Crippen LogP contribution in [0.2, 0.25) is 0 Å². The Morgan fingerprint density at radius 2 is 1.76 bits per heavy atom. The molecule has 2 saturated carbocycles. The van der Waals surface area contributed by atoms with Crippen LogP contribution in [0, 0.1) is 11.8 Å². The second kappa shape index (κ2) is 6.45. The number of halogens is 3. The van der Waals surface area contributed by atoms with Gasteiger partial charge in [-0.05, 0) is 51.5 Å². The van der Waals surface area contributed by atoms with E-state index in [9.17, 15) is 13.2 Å². The summed E-state index contributed by atoms with van der Waals surface area (Å²) in [7, 11) is 2.09. The Morgan fingerprint density at radius 3 is 2.24 bits per heavy atom. The summed E-state index contributed by atoms with van der Waals surface area (Å²) in [5.41, 5.74) is 5.79. The van der Waals surface area contributed by atoms with Gasteiger partial charge >= 0.3 is 6.18 Å². The third-order valence-electron chi connectivity index (χ3n) is 5.96. The Kier molecular flexibility index (Phi) is 5.24. The van der Waals surface area contributed by atoms with Gasteiger partial charge in [-0.1, -0.05) is 19.8 Å². The standard InChI is InChI=1S/C16H29F3N2/c1-12-4-3-5-14(10-12)21(2)15(11-20)8-6-13(7-9-15)16(17,18)19/h12-14H,3-11,20H2,1-2H3. The first-order valence-corrected chi connectivity index (χ1v) is 8.28. The van der Waals surface area contributed by atoms with Gasteiger partial charge in [-0.25, -0.2) is 0 Å². The average molecular weight is 306 g/mol. The summed E-state index contributed by atoms with van der Waals surface area (Å²) in [5, 5.41) is 0. The molecular weight excluding hydrogens is 277 g/mol. The summed E-state index contributed by atoms with van der Waals surface area (Å²) in [6.45, 7) is 2.74. The molecular formula is C16H29F3N2. The van der Waals surface area contributed by atoms with E-state index < -0.39 is 12.1 Å². The van der Waals surface area contributed by atoms with Crippen LogP contribution in [0.25, 0.3) is 0 Å². The summed E-state index contributed by atoms with van der Waals surface area (Å²) in [5.74, 6) is -0.414. The molecule has 2 unspecified atom stereocenters. The van der Waals surface area contributed by atoms with Crippen molar-refractivity contribution in [1.29, 1.82) is 0 Å². The van der Waals surface area contributed by atoms with Crippen LogP contribution in [0.15, 0.2) is 0 Å². The number of rotatable bonds is 3. The first-order chi connectivity index (χ1) is 9.78. The van der Waals surface area contributed by atoms with Crippen molar-refractivity contribution in [2.45, 2.75) is 76.0 Å². The Balaban J connectivity index is 2.02. The lowest BCUT2D eigenvalue weighted by atomic mass is 9.73. The second-order valence-corrected chi connectivity index (χ2v) is 7.28. The fourth-order valence-electron chi connectivity index (χ4n) is 4.32. The van der Waals surface area contributed by atoms with Gasteiger partial charge in [0.1, 0.15) is 0 Å². The molecule has 0 aromatic heterocycles. The topological polar surface area (TPSA) is 29.3 Å². The van der Waals surface area contributed by atoms with Crippen LogP contribution in [0.3, 0.4) is 0 Å². The highest BCUT2D eigenvalue weighted by Gasteiger charge is 2.47. The number of alkyl halides is 3. The lowest BCUT2D eigenvalue weighted by molar-refractivity contribution is -0.189. The molecule has 0 heterocycles. The molecule has 21 heavy (non-hydrogen) atoms. The molecule has 0 saturated heterocycles. The second-order valence-electron chi connectivity index (χ2n) is 7.28. The van der Waals surface area contributed by atoms with E-state index in [1.54, 1.807) is 0 Å². The molecule has 2 nitrogen and oxygen atoms in total. The van der Waals surface area contributed by atoms with Gasteiger partial charge in [0.25, 0.3) is 0 Å². The molecule has 2 aliphatic carbocycles. The van der Waals surface area contributed by atoms with Crippen molar-refractivity contribution in [2.24, 2.45) is 17.6 Å². The van der Waals surface area contributed by atoms with Crippen molar-refractivity contribution in [3.05, 3.63) is 0 Å². The molecule has 2 N–H and O–H groups in total. The van der Waals surface area contributed by atoms with Crippen LogP contribution in [-0.2, 0) is 0 Å². The molecule has 0 aromatic carbocycles. The van der Waals surface area contributed by atoms with E-state index in [0.717, 1.165) is 12.8 Å². The van der Waals surface area contributed by atoms with Crippen molar-refractivity contribution < 1.29 is 13.2 Å². The van der Waals surface area contributed by atoms with E-state index >= 15 is 0 Å². The predicted octanol–water partition coefficient (Wildman–Crippen LogP) is 3.95. The van der Waals surface area contributed by atoms with Crippen LogP contribution in [0.1, 0.15) is 58.3 Å². The zero-order valence-electron chi connectivity index (χ0n) is 13.3. The smallest absolute Gasteiger partial charge is 0.329 e. The fraction of sp³-hybridized carbons (Fsp3) is 1.00. The summed E-state index contributed by atoms with van der Waals surface area (Å²) >= 11 is 0. The maximum atomic E-state index is 12.9. The zero-order chi connectivity index (χ0) is 15.7. The van der Waals surface area contributed by atoms with E-state index in [4.69, 9.17) is 5.73 Å². The van der Waals surface area contributed by atoms with Crippen molar-refractivity contribution in [2.75, 3.05) is 13.6 Å². The quantitative estimate of drug-likeness (QED) is 0.855. The molecule has 0 radical (unpaired) electrons. The van der Waals surface area contributed by atoms with Gasteiger partial charge in [0.2, 0.25) is 0 Å². The largest absolute Gasteiger partial charge is 0.391 e. The summed E-state index contributed by atoms with van der Waals surface area (Å²) in [4.78, 5) is 2.34. The molecule has 2 aliphatic rings. The van der Waals surface area contributed by atoms with E-state index in [1.165, 1.54) is 12.8 Å². The molecule has 0 aromatic rings. The summed E-state index contributed by atoms with van der Waals surface area (Å²) < 4.78 is 38.6. The molecule has 5 heteroatoms. The monoisotopic (exact) mass is 306 g/mol. The maximum absolute atomic E-state index is 12.9. The molecule has 2 atom stereocenters. The predicted molar refractivity (Wildman–Crippen MR) is 79.0 cm³/mol. The normalized spacial score (nSPS) is 38.7. The van der Waals surface area contributed by atoms with Gasteiger partial charge in [0, 0.05) is 18.1 Å². The van der Waals surface area contributed by atoms with Crippen LogP contribution < -0.4 is 5.73 Å². The first kappa shape index (κ1) is 17.1. The highest BCUT2D eigenvalue weighted by molar-refractivity contribution is 4.98. The Morgan fingerprint density at radius 1 is 1.14 bits per heavy atom. The molecule has 0 amide bonds. The SMILES string of the molecule is CC1CCCC(N(C)C2(CN)CCC(C(F)(F)F)CC2)C1. The lowest BCUT2D eigenvalue weighted by Gasteiger charge is -2.50.